The monoisotopic (exact) mass is 470 g/mol. The van der Waals surface area contributed by atoms with Crippen molar-refractivity contribution in [3.05, 3.63) is 102 Å². The molecule has 1 fully saturated rings. The number of carbonyl (C=O) groups excluding carboxylic acids is 1. The van der Waals surface area contributed by atoms with E-state index >= 15 is 0 Å². The van der Waals surface area contributed by atoms with Gasteiger partial charge in [-0.1, -0.05) is 72.8 Å². The first-order chi connectivity index (χ1) is 16.8. The van der Waals surface area contributed by atoms with Gasteiger partial charge in [0.25, 0.3) is 0 Å². The summed E-state index contributed by atoms with van der Waals surface area (Å²) in [6.07, 6.45) is 0. The molecule has 4 aromatic rings. The minimum Gasteiger partial charge on any atom is -0.339 e. The molecule has 0 atom stereocenters. The van der Waals surface area contributed by atoms with Crippen molar-refractivity contribution in [3.8, 4) is 0 Å². The van der Waals surface area contributed by atoms with Crippen LogP contribution in [-0.2, 0) is 23.6 Å². The third kappa shape index (κ3) is 5.51. The van der Waals surface area contributed by atoms with Gasteiger partial charge < -0.3 is 9.47 Å². The number of hydrogen-bond acceptors (Lipinski definition) is 4. The van der Waals surface area contributed by atoms with Crippen LogP contribution in [0.1, 0.15) is 17.0 Å². The average Bonchev–Trinajstić information content (AvgIpc) is 3.22. The number of nitrogens with zero attached hydrogens (tertiary/aromatic N) is 4. The average molecular weight is 471 g/mol. The van der Waals surface area contributed by atoms with Gasteiger partial charge in [0.15, 0.2) is 0 Å². The van der Waals surface area contributed by atoms with Gasteiger partial charge in [0.2, 0.25) is 5.91 Å². The molecule has 1 saturated heterocycles. The minimum absolute atomic E-state index is 0.247. The van der Waals surface area contributed by atoms with Crippen LogP contribution in [0.3, 0.4) is 0 Å². The highest BCUT2D eigenvalue weighted by Gasteiger charge is 2.23. The van der Waals surface area contributed by atoms with Gasteiger partial charge in [-0.2, -0.15) is 0 Å². The molecule has 3 aromatic carbocycles. The lowest BCUT2D eigenvalue weighted by molar-refractivity contribution is -0.130. The number of thioether (sulfide) groups is 1. The van der Waals surface area contributed by atoms with Gasteiger partial charge in [-0.3, -0.25) is 9.69 Å². The van der Waals surface area contributed by atoms with Crippen molar-refractivity contribution < 1.29 is 4.79 Å². The standard InChI is InChI=1S/C28H30N4OS/c33-28(22-34-21-24-11-5-2-6-12-24)31-17-15-30(16-18-31)20-27-29-25-13-7-8-14-26(25)32(27)19-23-9-3-1-4-10-23/h1-14H,15-22H2. The van der Waals surface area contributed by atoms with Crippen LogP contribution >= 0.6 is 11.8 Å². The molecule has 0 unspecified atom stereocenters. The van der Waals surface area contributed by atoms with Crippen molar-refractivity contribution in [3.63, 3.8) is 0 Å². The van der Waals surface area contributed by atoms with Crippen molar-refractivity contribution in [1.29, 1.82) is 0 Å². The second kappa shape index (κ2) is 10.9. The van der Waals surface area contributed by atoms with E-state index in [0.717, 1.165) is 56.4 Å². The molecule has 34 heavy (non-hydrogen) atoms. The third-order valence-electron chi connectivity index (χ3n) is 6.34. The van der Waals surface area contributed by atoms with E-state index < -0.39 is 0 Å². The Morgan fingerprint density at radius 1 is 0.765 bits per heavy atom. The van der Waals surface area contributed by atoms with Gasteiger partial charge in [0.05, 0.1) is 23.3 Å². The zero-order chi connectivity index (χ0) is 23.2. The van der Waals surface area contributed by atoms with E-state index in [2.05, 4.69) is 70.1 Å². The van der Waals surface area contributed by atoms with E-state index in [-0.39, 0.29) is 5.91 Å². The maximum absolute atomic E-state index is 12.7. The number of piperazine rings is 1. The first kappa shape index (κ1) is 22.7. The molecule has 5 rings (SSSR count). The Hall–Kier alpha value is -3.09. The second-order valence-corrected chi connectivity index (χ2v) is 9.71. The fraction of sp³-hybridized carbons (Fsp3) is 0.286. The maximum Gasteiger partial charge on any atom is 0.232 e. The van der Waals surface area contributed by atoms with E-state index in [9.17, 15) is 4.79 Å². The molecule has 0 bridgehead atoms. The van der Waals surface area contributed by atoms with Crippen LogP contribution in [0.4, 0.5) is 0 Å². The van der Waals surface area contributed by atoms with Gasteiger partial charge in [-0.25, -0.2) is 4.98 Å². The molecular formula is C28H30N4OS. The summed E-state index contributed by atoms with van der Waals surface area (Å²) in [6.45, 7) is 4.93. The number of para-hydroxylation sites is 2. The van der Waals surface area contributed by atoms with Crippen LogP contribution in [0.5, 0.6) is 0 Å². The molecule has 5 nitrogen and oxygen atoms in total. The van der Waals surface area contributed by atoms with Crippen LogP contribution in [-0.4, -0.2) is 57.2 Å². The quantitative estimate of drug-likeness (QED) is 0.376. The van der Waals surface area contributed by atoms with Crippen molar-refractivity contribution in [2.45, 2.75) is 18.8 Å². The zero-order valence-electron chi connectivity index (χ0n) is 19.3. The molecule has 0 spiro atoms. The lowest BCUT2D eigenvalue weighted by atomic mass is 10.2. The lowest BCUT2D eigenvalue weighted by Crippen LogP contribution is -2.49. The Morgan fingerprint density at radius 3 is 2.15 bits per heavy atom. The molecule has 6 heteroatoms. The Balaban J connectivity index is 1.18. The molecule has 174 valence electrons. The van der Waals surface area contributed by atoms with Crippen LogP contribution in [0.15, 0.2) is 84.9 Å². The second-order valence-electron chi connectivity index (χ2n) is 8.72. The topological polar surface area (TPSA) is 41.4 Å². The normalized spacial score (nSPS) is 14.5. The molecule has 2 heterocycles. The number of rotatable bonds is 8. The number of hydrogen-bond donors (Lipinski definition) is 0. The molecule has 1 aromatic heterocycles. The number of fused-ring (bicyclic) bond motifs is 1. The summed E-state index contributed by atoms with van der Waals surface area (Å²) in [4.78, 5) is 22.1. The van der Waals surface area contributed by atoms with Crippen LogP contribution < -0.4 is 0 Å². The SMILES string of the molecule is O=C(CSCc1ccccc1)N1CCN(Cc2nc3ccccc3n2Cc2ccccc2)CC1. The third-order valence-corrected chi connectivity index (χ3v) is 7.33. The van der Waals surface area contributed by atoms with E-state index in [1.165, 1.54) is 16.6 Å². The van der Waals surface area contributed by atoms with Gasteiger partial charge in [-0.05, 0) is 23.3 Å². The Morgan fingerprint density at radius 2 is 1.41 bits per heavy atom. The van der Waals surface area contributed by atoms with Crippen molar-refractivity contribution >= 4 is 28.7 Å². The Kier molecular flexibility index (Phi) is 7.27. The molecule has 0 radical (unpaired) electrons. The van der Waals surface area contributed by atoms with Crippen molar-refractivity contribution in [2.24, 2.45) is 0 Å². The highest BCUT2D eigenvalue weighted by atomic mass is 32.2. The van der Waals surface area contributed by atoms with E-state index in [4.69, 9.17) is 4.98 Å². The maximum atomic E-state index is 12.7. The molecule has 0 aliphatic carbocycles. The van der Waals surface area contributed by atoms with Crippen LogP contribution in [0.25, 0.3) is 11.0 Å². The summed E-state index contributed by atoms with van der Waals surface area (Å²) in [5, 5.41) is 0. The molecule has 1 amide bonds. The number of imidazole rings is 1. The summed E-state index contributed by atoms with van der Waals surface area (Å²) >= 11 is 1.70. The van der Waals surface area contributed by atoms with Crippen LogP contribution in [0.2, 0.25) is 0 Å². The molecule has 0 saturated carbocycles. The first-order valence-corrected chi connectivity index (χ1v) is 13.0. The van der Waals surface area contributed by atoms with Crippen molar-refractivity contribution in [2.75, 3.05) is 31.9 Å². The fourth-order valence-corrected chi connectivity index (χ4v) is 5.35. The number of amides is 1. The smallest absolute Gasteiger partial charge is 0.232 e. The predicted octanol–water partition coefficient (Wildman–Crippen LogP) is 4.66. The fourth-order valence-electron chi connectivity index (χ4n) is 4.47. The largest absolute Gasteiger partial charge is 0.339 e. The number of benzene rings is 3. The lowest BCUT2D eigenvalue weighted by Gasteiger charge is -2.34. The summed E-state index contributed by atoms with van der Waals surface area (Å²) in [5.41, 5.74) is 4.75. The Labute approximate surface area is 205 Å². The zero-order valence-corrected chi connectivity index (χ0v) is 20.2. The first-order valence-electron chi connectivity index (χ1n) is 11.9. The molecule has 0 N–H and O–H groups in total. The highest BCUT2D eigenvalue weighted by molar-refractivity contribution is 7.99. The van der Waals surface area contributed by atoms with E-state index in [1.807, 2.05) is 29.2 Å². The van der Waals surface area contributed by atoms with Gasteiger partial charge in [-0.15, -0.1) is 11.8 Å². The number of carbonyl (C=O) groups is 1. The molecule has 1 aliphatic rings. The Bertz CT molecular complexity index is 1220. The van der Waals surface area contributed by atoms with E-state index in [0.29, 0.717) is 5.75 Å². The van der Waals surface area contributed by atoms with Crippen LogP contribution in [0, 0.1) is 0 Å². The van der Waals surface area contributed by atoms with Gasteiger partial charge in [0.1, 0.15) is 5.82 Å². The van der Waals surface area contributed by atoms with Gasteiger partial charge >= 0.3 is 0 Å². The van der Waals surface area contributed by atoms with Crippen molar-refractivity contribution in [1.82, 2.24) is 19.4 Å². The van der Waals surface area contributed by atoms with Gasteiger partial charge in [0, 0.05) is 38.5 Å². The summed E-state index contributed by atoms with van der Waals surface area (Å²) in [7, 11) is 0. The number of aromatic nitrogens is 2. The highest BCUT2D eigenvalue weighted by Crippen LogP contribution is 2.20. The summed E-state index contributed by atoms with van der Waals surface area (Å²) in [6, 6.07) is 29.3. The van der Waals surface area contributed by atoms with E-state index in [1.54, 1.807) is 11.8 Å². The summed E-state index contributed by atoms with van der Waals surface area (Å²) in [5.74, 6) is 2.76. The molecular weight excluding hydrogens is 440 g/mol. The predicted molar refractivity (Wildman–Crippen MR) is 140 cm³/mol. The summed E-state index contributed by atoms with van der Waals surface area (Å²) < 4.78 is 2.34. The minimum atomic E-state index is 0.247. The molecule has 1 aliphatic heterocycles.